The average molecular weight is 438 g/mol. The van der Waals surface area contributed by atoms with Gasteiger partial charge in [0.2, 0.25) is 11.7 Å². The summed E-state index contributed by atoms with van der Waals surface area (Å²) in [5.74, 6) is 2.75. The zero-order valence-corrected chi connectivity index (χ0v) is 18.3. The van der Waals surface area contributed by atoms with E-state index in [1.165, 1.54) is 0 Å². The number of anilines is 1. The lowest BCUT2D eigenvalue weighted by molar-refractivity contribution is 0.142. The fourth-order valence-electron chi connectivity index (χ4n) is 3.77. The lowest BCUT2D eigenvalue weighted by Crippen LogP contribution is -2.41. The van der Waals surface area contributed by atoms with Crippen molar-refractivity contribution >= 4 is 11.7 Å². The minimum absolute atomic E-state index is 0.251. The number of hydrogen-bond donors (Lipinski definition) is 1. The average Bonchev–Trinajstić information content (AvgIpc) is 3.34. The number of nitrogens with one attached hydrogen (secondary N) is 1. The second-order valence-corrected chi connectivity index (χ2v) is 7.39. The van der Waals surface area contributed by atoms with Crippen molar-refractivity contribution in [1.82, 2.24) is 15.0 Å². The summed E-state index contributed by atoms with van der Waals surface area (Å²) in [5.41, 5.74) is 1.35. The largest absolute Gasteiger partial charge is 0.497 e. The Balaban J connectivity index is 1.54. The molecule has 0 radical (unpaired) electrons. The number of rotatable bonds is 6. The van der Waals surface area contributed by atoms with E-state index in [-0.39, 0.29) is 12.1 Å². The highest BCUT2D eigenvalue weighted by molar-refractivity contribution is 5.91. The summed E-state index contributed by atoms with van der Waals surface area (Å²) in [6.07, 6.45) is 2.62. The van der Waals surface area contributed by atoms with E-state index in [2.05, 4.69) is 15.5 Å². The Hall–Kier alpha value is -3.75. The van der Waals surface area contributed by atoms with Gasteiger partial charge in [0, 0.05) is 18.2 Å². The fourth-order valence-corrected chi connectivity index (χ4v) is 3.77. The topological polar surface area (TPSA) is 99.0 Å². The van der Waals surface area contributed by atoms with Gasteiger partial charge in [-0.2, -0.15) is 4.98 Å². The molecule has 1 aliphatic heterocycles. The van der Waals surface area contributed by atoms with Crippen LogP contribution in [0.4, 0.5) is 10.5 Å². The first kappa shape index (κ1) is 21.5. The molecule has 0 aliphatic carbocycles. The Morgan fingerprint density at radius 2 is 1.88 bits per heavy atom. The quantitative estimate of drug-likeness (QED) is 0.604. The number of urea groups is 1. The molecule has 1 N–H and O–H groups in total. The van der Waals surface area contributed by atoms with Crippen LogP contribution in [0.5, 0.6) is 17.2 Å². The van der Waals surface area contributed by atoms with Gasteiger partial charge in [-0.05, 0) is 43.5 Å². The zero-order valence-electron chi connectivity index (χ0n) is 18.3. The van der Waals surface area contributed by atoms with Gasteiger partial charge in [-0.15, -0.1) is 0 Å². The van der Waals surface area contributed by atoms with Crippen LogP contribution >= 0.6 is 0 Å². The maximum atomic E-state index is 13.2. The minimum Gasteiger partial charge on any atom is -0.497 e. The molecule has 0 saturated carbocycles. The Bertz CT molecular complexity index is 1080. The second kappa shape index (κ2) is 9.59. The Morgan fingerprint density at radius 1 is 1.06 bits per heavy atom. The van der Waals surface area contributed by atoms with Crippen LogP contribution in [0.3, 0.4) is 0 Å². The molecule has 1 saturated heterocycles. The number of aromatic nitrogens is 2. The molecule has 1 fully saturated rings. The zero-order chi connectivity index (χ0) is 22.5. The van der Waals surface area contributed by atoms with Gasteiger partial charge in [-0.1, -0.05) is 17.3 Å². The predicted molar refractivity (Wildman–Crippen MR) is 118 cm³/mol. The molecule has 2 heterocycles. The van der Waals surface area contributed by atoms with E-state index < -0.39 is 0 Å². The van der Waals surface area contributed by atoms with Gasteiger partial charge in [-0.3, -0.25) is 0 Å². The molecule has 9 nitrogen and oxygen atoms in total. The summed E-state index contributed by atoms with van der Waals surface area (Å²) in [6.45, 7) is 0.589. The van der Waals surface area contributed by atoms with Crippen LogP contribution in [0.15, 0.2) is 47.0 Å². The number of methoxy groups -OCH3 is 3. The van der Waals surface area contributed by atoms with Crippen molar-refractivity contribution in [2.75, 3.05) is 33.2 Å². The van der Waals surface area contributed by atoms with E-state index in [1.807, 2.05) is 24.3 Å². The normalized spacial score (nSPS) is 15.8. The van der Waals surface area contributed by atoms with Crippen LogP contribution in [-0.4, -0.2) is 48.9 Å². The van der Waals surface area contributed by atoms with Crippen molar-refractivity contribution in [3.63, 3.8) is 0 Å². The van der Waals surface area contributed by atoms with Crippen molar-refractivity contribution < 1.29 is 23.5 Å². The summed E-state index contributed by atoms with van der Waals surface area (Å²) >= 11 is 0. The smallest absolute Gasteiger partial charge is 0.322 e. The lowest BCUT2D eigenvalue weighted by Gasteiger charge is -2.33. The van der Waals surface area contributed by atoms with Gasteiger partial charge in [0.25, 0.3) is 0 Å². The molecule has 168 valence electrons. The number of piperidine rings is 1. The molecular formula is C23H26N4O5. The highest BCUT2D eigenvalue weighted by Gasteiger charge is 2.32. The first-order chi connectivity index (χ1) is 15.6. The highest BCUT2D eigenvalue weighted by atomic mass is 16.5. The first-order valence-electron chi connectivity index (χ1n) is 10.4. The van der Waals surface area contributed by atoms with E-state index in [0.29, 0.717) is 41.2 Å². The SMILES string of the molecule is COc1cccc(-c2noc(C3CCCCN3C(=O)Nc3ccc(OC)cc3OC)n2)c1. The molecule has 4 rings (SSSR count). The van der Waals surface area contributed by atoms with Crippen molar-refractivity contribution in [3.05, 3.63) is 48.4 Å². The summed E-state index contributed by atoms with van der Waals surface area (Å²) in [6, 6.07) is 12.1. The van der Waals surface area contributed by atoms with Crippen LogP contribution in [0, 0.1) is 0 Å². The summed E-state index contributed by atoms with van der Waals surface area (Å²) < 4.78 is 21.5. The van der Waals surface area contributed by atoms with Crippen molar-refractivity contribution in [3.8, 4) is 28.6 Å². The van der Waals surface area contributed by atoms with E-state index in [1.54, 1.807) is 44.4 Å². The third kappa shape index (κ3) is 4.46. The second-order valence-electron chi connectivity index (χ2n) is 7.39. The number of hydrogen-bond acceptors (Lipinski definition) is 7. The maximum Gasteiger partial charge on any atom is 0.322 e. The number of carbonyl (C=O) groups excluding carboxylic acids is 1. The molecule has 0 spiro atoms. The molecule has 3 aromatic rings. The van der Waals surface area contributed by atoms with E-state index in [4.69, 9.17) is 18.7 Å². The van der Waals surface area contributed by atoms with Crippen LogP contribution in [0.1, 0.15) is 31.2 Å². The molecule has 2 aromatic carbocycles. The van der Waals surface area contributed by atoms with Crippen LogP contribution in [-0.2, 0) is 0 Å². The van der Waals surface area contributed by atoms with E-state index in [0.717, 1.165) is 24.8 Å². The Labute approximate surface area is 186 Å². The molecule has 2 amide bonds. The molecule has 1 unspecified atom stereocenters. The fraction of sp³-hybridized carbons (Fsp3) is 0.348. The molecular weight excluding hydrogens is 412 g/mol. The van der Waals surface area contributed by atoms with E-state index >= 15 is 0 Å². The third-order valence-corrected chi connectivity index (χ3v) is 5.47. The third-order valence-electron chi connectivity index (χ3n) is 5.47. The number of amides is 2. The van der Waals surface area contributed by atoms with Crippen molar-refractivity contribution in [1.29, 1.82) is 0 Å². The van der Waals surface area contributed by atoms with Crippen molar-refractivity contribution in [2.24, 2.45) is 0 Å². The van der Waals surface area contributed by atoms with Crippen molar-refractivity contribution in [2.45, 2.75) is 25.3 Å². The van der Waals surface area contributed by atoms with Gasteiger partial charge in [0.15, 0.2) is 0 Å². The van der Waals surface area contributed by atoms with Gasteiger partial charge in [-0.25, -0.2) is 4.79 Å². The predicted octanol–water partition coefficient (Wildman–Crippen LogP) is 4.52. The number of nitrogens with zero attached hydrogens (tertiary/aromatic N) is 3. The van der Waals surface area contributed by atoms with Gasteiger partial charge < -0.3 is 29.0 Å². The van der Waals surface area contributed by atoms with Gasteiger partial charge in [0.05, 0.1) is 27.0 Å². The van der Waals surface area contributed by atoms with Crippen LogP contribution in [0.2, 0.25) is 0 Å². The highest BCUT2D eigenvalue weighted by Crippen LogP contribution is 2.34. The van der Waals surface area contributed by atoms with Crippen LogP contribution in [0.25, 0.3) is 11.4 Å². The molecule has 32 heavy (non-hydrogen) atoms. The minimum atomic E-state index is -0.306. The monoisotopic (exact) mass is 438 g/mol. The van der Waals surface area contributed by atoms with E-state index in [9.17, 15) is 4.79 Å². The standard InChI is InChI=1S/C23H26N4O5/c1-29-16-8-6-7-15(13-16)21-25-22(32-26-21)19-9-4-5-12-27(19)23(28)24-18-11-10-17(30-2)14-20(18)31-3/h6-8,10-11,13-14,19H,4-5,9,12H2,1-3H3,(H,24,28). The number of carbonyl (C=O) groups is 1. The molecule has 1 aliphatic rings. The number of benzene rings is 2. The molecule has 9 heteroatoms. The van der Waals surface area contributed by atoms with Gasteiger partial charge in [0.1, 0.15) is 23.3 Å². The molecule has 0 bridgehead atoms. The van der Waals surface area contributed by atoms with Gasteiger partial charge >= 0.3 is 6.03 Å². The Kier molecular flexibility index (Phi) is 6.44. The molecule has 1 aromatic heterocycles. The number of ether oxygens (including phenoxy) is 3. The lowest BCUT2D eigenvalue weighted by atomic mass is 10.0. The number of likely N-dealkylation sites (tertiary alicyclic amines) is 1. The van der Waals surface area contributed by atoms with Crippen LogP contribution < -0.4 is 19.5 Å². The molecule has 1 atom stereocenters. The summed E-state index contributed by atoms with van der Waals surface area (Å²) in [4.78, 5) is 19.5. The summed E-state index contributed by atoms with van der Waals surface area (Å²) in [5, 5.41) is 7.06. The first-order valence-corrected chi connectivity index (χ1v) is 10.4. The summed E-state index contributed by atoms with van der Waals surface area (Å²) in [7, 11) is 4.74. The maximum absolute atomic E-state index is 13.2. The Morgan fingerprint density at radius 3 is 2.66 bits per heavy atom.